The van der Waals surface area contributed by atoms with Crippen LogP contribution in [0.1, 0.15) is 17.0 Å². The lowest BCUT2D eigenvalue weighted by Gasteiger charge is -2.19. The zero-order valence-corrected chi connectivity index (χ0v) is 19.7. The first-order valence-electron chi connectivity index (χ1n) is 10.7. The minimum Gasteiger partial charge on any atom is -0.496 e. The van der Waals surface area contributed by atoms with Crippen LogP contribution < -0.4 is 4.74 Å². The van der Waals surface area contributed by atoms with E-state index >= 15 is 0 Å². The van der Waals surface area contributed by atoms with Crippen LogP contribution in [0.3, 0.4) is 0 Å². The second kappa shape index (κ2) is 10.6. The fourth-order valence-electron chi connectivity index (χ4n) is 3.87. The molecule has 0 amide bonds. The molecule has 0 bridgehead atoms. The van der Waals surface area contributed by atoms with Gasteiger partial charge in [-0.25, -0.2) is 4.39 Å². The van der Waals surface area contributed by atoms with Gasteiger partial charge in [-0.3, -0.25) is 4.90 Å². The molecule has 0 unspecified atom stereocenters. The van der Waals surface area contributed by atoms with Crippen molar-refractivity contribution in [3.63, 3.8) is 0 Å². The van der Waals surface area contributed by atoms with Crippen LogP contribution in [0, 0.1) is 5.82 Å². The summed E-state index contributed by atoms with van der Waals surface area (Å²) in [5.74, 6) is 2.15. The van der Waals surface area contributed by atoms with Crippen molar-refractivity contribution >= 4 is 22.5 Å². The Morgan fingerprint density at radius 3 is 2.64 bits per heavy atom. The Balaban J connectivity index is 1.49. The lowest BCUT2D eigenvalue weighted by Crippen LogP contribution is -2.20. The van der Waals surface area contributed by atoms with Crippen LogP contribution in [0.4, 0.5) is 4.39 Å². The third-order valence-corrected chi connectivity index (χ3v) is 6.45. The monoisotopic (exact) mass is 462 g/mol. The predicted molar refractivity (Wildman–Crippen MR) is 132 cm³/mol. The molecule has 0 aliphatic heterocycles. The molecule has 0 N–H and O–H groups in total. The number of ether oxygens (including phenoxy) is 1. The molecule has 3 aromatic carbocycles. The van der Waals surface area contributed by atoms with Gasteiger partial charge in [0.2, 0.25) is 0 Å². The highest BCUT2D eigenvalue weighted by molar-refractivity contribution is 7.98. The zero-order valence-electron chi connectivity index (χ0n) is 18.9. The maximum Gasteiger partial charge on any atom is 0.191 e. The van der Waals surface area contributed by atoms with Crippen LogP contribution in [0.5, 0.6) is 5.75 Å². The molecule has 0 radical (unpaired) electrons. The summed E-state index contributed by atoms with van der Waals surface area (Å²) >= 11 is 1.55. The van der Waals surface area contributed by atoms with Crippen LogP contribution >= 0.6 is 11.8 Å². The summed E-state index contributed by atoms with van der Waals surface area (Å²) < 4.78 is 21.1. The average molecular weight is 463 g/mol. The van der Waals surface area contributed by atoms with Crippen molar-refractivity contribution in [3.8, 4) is 5.75 Å². The Bertz CT molecular complexity index is 1260. The molecule has 7 heteroatoms. The molecule has 0 aliphatic carbocycles. The first kappa shape index (κ1) is 23.0. The topological polar surface area (TPSA) is 43.2 Å². The summed E-state index contributed by atoms with van der Waals surface area (Å²) in [6, 6.07) is 19.1. The van der Waals surface area contributed by atoms with Crippen molar-refractivity contribution in [1.82, 2.24) is 19.7 Å². The van der Waals surface area contributed by atoms with Crippen LogP contribution in [-0.2, 0) is 25.4 Å². The minimum atomic E-state index is -0.228. The molecule has 0 atom stereocenters. The van der Waals surface area contributed by atoms with E-state index in [1.165, 1.54) is 17.0 Å². The van der Waals surface area contributed by atoms with Gasteiger partial charge in [-0.2, -0.15) is 0 Å². The molecule has 0 aliphatic rings. The Labute approximate surface area is 197 Å². The van der Waals surface area contributed by atoms with E-state index in [1.54, 1.807) is 31.0 Å². The molecule has 1 aromatic heterocycles. The van der Waals surface area contributed by atoms with Crippen molar-refractivity contribution in [1.29, 1.82) is 0 Å². The molecule has 4 rings (SSSR count). The molecule has 4 aromatic rings. The molecule has 1 heterocycles. The molecule has 0 saturated carbocycles. The van der Waals surface area contributed by atoms with Crippen molar-refractivity contribution in [3.05, 3.63) is 96.1 Å². The number of thioether (sulfide) groups is 1. The molecular weight excluding hydrogens is 435 g/mol. The van der Waals surface area contributed by atoms with Crippen LogP contribution in [-0.4, -0.2) is 33.8 Å². The van der Waals surface area contributed by atoms with Gasteiger partial charge in [-0.1, -0.05) is 60.3 Å². The van der Waals surface area contributed by atoms with E-state index in [-0.39, 0.29) is 5.82 Å². The van der Waals surface area contributed by atoms with E-state index in [0.717, 1.165) is 34.2 Å². The number of nitrogens with zero attached hydrogens (tertiary/aromatic N) is 4. The smallest absolute Gasteiger partial charge is 0.191 e. The second-order valence-electron chi connectivity index (χ2n) is 7.86. The molecular formula is C26H27FN4OS. The van der Waals surface area contributed by atoms with Gasteiger partial charge in [0.25, 0.3) is 0 Å². The Morgan fingerprint density at radius 2 is 1.88 bits per heavy atom. The van der Waals surface area contributed by atoms with E-state index in [2.05, 4.69) is 51.5 Å². The fourth-order valence-corrected chi connectivity index (χ4v) is 4.78. The summed E-state index contributed by atoms with van der Waals surface area (Å²) in [4.78, 5) is 2.22. The lowest BCUT2D eigenvalue weighted by atomic mass is 10.0. The summed E-state index contributed by atoms with van der Waals surface area (Å²) in [6.07, 6.45) is 1.84. The largest absolute Gasteiger partial charge is 0.496 e. The average Bonchev–Trinajstić information content (AvgIpc) is 3.19. The number of fused-ring (bicyclic) bond motifs is 1. The number of benzene rings is 3. The van der Waals surface area contributed by atoms with Gasteiger partial charge in [0.1, 0.15) is 17.4 Å². The maximum atomic E-state index is 13.5. The number of rotatable bonds is 10. The fraction of sp³-hybridized carbons (Fsp3) is 0.231. The first-order valence-corrected chi connectivity index (χ1v) is 11.7. The second-order valence-corrected chi connectivity index (χ2v) is 8.80. The third-order valence-electron chi connectivity index (χ3n) is 5.41. The summed E-state index contributed by atoms with van der Waals surface area (Å²) in [6.45, 7) is 5.90. The number of hydrogen-bond donors (Lipinski definition) is 0. The van der Waals surface area contributed by atoms with E-state index < -0.39 is 0 Å². The van der Waals surface area contributed by atoms with Gasteiger partial charge in [0.15, 0.2) is 5.16 Å². The number of hydrogen-bond acceptors (Lipinski definition) is 5. The number of aromatic nitrogens is 3. The molecule has 0 spiro atoms. The normalized spacial score (nSPS) is 11.3. The molecule has 0 saturated heterocycles. The minimum absolute atomic E-state index is 0.228. The Hall–Kier alpha value is -3.16. The lowest BCUT2D eigenvalue weighted by molar-refractivity contribution is 0.305. The van der Waals surface area contributed by atoms with Gasteiger partial charge >= 0.3 is 0 Å². The molecule has 5 nitrogen and oxygen atoms in total. The third kappa shape index (κ3) is 5.43. The zero-order chi connectivity index (χ0) is 23.2. The van der Waals surface area contributed by atoms with Gasteiger partial charge in [0.05, 0.1) is 13.7 Å². The highest BCUT2D eigenvalue weighted by Crippen LogP contribution is 2.29. The summed E-state index contributed by atoms with van der Waals surface area (Å²) in [7, 11) is 3.77. The van der Waals surface area contributed by atoms with E-state index in [9.17, 15) is 4.39 Å². The predicted octanol–water partition coefficient (Wildman–Crippen LogP) is 5.69. The standard InChI is InChI=1S/C26H27FN4OS/c1-4-14-31-25(28-29-26(31)33-18-19-8-7-9-21(27)15-19)17-30(2)16-20-12-13-24(32-3)23-11-6-5-10-22(20)23/h4-13,15H,1,14,16-18H2,2-3H3. The number of allylic oxidation sites excluding steroid dienone is 1. The van der Waals surface area contributed by atoms with Crippen molar-refractivity contribution in [2.45, 2.75) is 30.5 Å². The number of halogens is 1. The molecule has 33 heavy (non-hydrogen) atoms. The van der Waals surface area contributed by atoms with E-state index in [4.69, 9.17) is 4.74 Å². The van der Waals surface area contributed by atoms with Crippen molar-refractivity contribution in [2.75, 3.05) is 14.2 Å². The Morgan fingerprint density at radius 1 is 1.06 bits per heavy atom. The quantitative estimate of drug-likeness (QED) is 0.224. The summed E-state index contributed by atoms with van der Waals surface area (Å²) in [5, 5.41) is 11.9. The van der Waals surface area contributed by atoms with Gasteiger partial charge in [-0.15, -0.1) is 16.8 Å². The highest BCUT2D eigenvalue weighted by Gasteiger charge is 2.15. The van der Waals surface area contributed by atoms with Crippen molar-refractivity contribution in [2.24, 2.45) is 0 Å². The van der Waals surface area contributed by atoms with Crippen molar-refractivity contribution < 1.29 is 9.13 Å². The van der Waals surface area contributed by atoms with Gasteiger partial charge in [-0.05, 0) is 41.8 Å². The van der Waals surface area contributed by atoms with E-state index in [1.807, 2.05) is 30.3 Å². The number of methoxy groups -OCH3 is 1. The van der Waals surface area contributed by atoms with Crippen LogP contribution in [0.25, 0.3) is 10.8 Å². The van der Waals surface area contributed by atoms with E-state index in [0.29, 0.717) is 18.8 Å². The maximum absolute atomic E-state index is 13.5. The molecule has 170 valence electrons. The van der Waals surface area contributed by atoms with Crippen LogP contribution in [0.15, 0.2) is 78.5 Å². The summed E-state index contributed by atoms with van der Waals surface area (Å²) in [5.41, 5.74) is 2.14. The van der Waals surface area contributed by atoms with Gasteiger partial charge < -0.3 is 9.30 Å². The SMILES string of the molecule is C=CCn1c(CN(C)Cc2ccc(OC)c3ccccc23)nnc1SCc1cccc(F)c1. The highest BCUT2D eigenvalue weighted by atomic mass is 32.2. The first-order chi connectivity index (χ1) is 16.1. The Kier molecular flexibility index (Phi) is 7.42. The van der Waals surface area contributed by atoms with Crippen LogP contribution in [0.2, 0.25) is 0 Å². The molecule has 0 fully saturated rings. The van der Waals surface area contributed by atoms with Gasteiger partial charge in [0, 0.05) is 24.2 Å².